The summed E-state index contributed by atoms with van der Waals surface area (Å²) in [4.78, 5) is 38.9. The van der Waals surface area contributed by atoms with Gasteiger partial charge in [-0.25, -0.2) is 9.59 Å². The molecular weight excluding hydrogens is 426 g/mol. The fourth-order valence-electron chi connectivity index (χ4n) is 4.44. The second-order valence-electron chi connectivity index (χ2n) is 9.76. The zero-order valence-corrected chi connectivity index (χ0v) is 19.5. The van der Waals surface area contributed by atoms with Crippen LogP contribution in [0, 0.1) is 0 Å². The Kier molecular flexibility index (Phi) is 5.99. The topological polar surface area (TPSA) is 110 Å². The van der Waals surface area contributed by atoms with Crippen molar-refractivity contribution < 1.29 is 24.2 Å². The highest BCUT2D eigenvalue weighted by Gasteiger charge is 2.31. The quantitative estimate of drug-likeness (QED) is 0.707. The largest absolute Gasteiger partial charge is 0.492 e. The molecule has 1 amide bonds. The second kappa shape index (κ2) is 8.61. The molecule has 1 aliphatic carbocycles. The third kappa shape index (κ3) is 4.77. The third-order valence-corrected chi connectivity index (χ3v) is 5.98. The number of aromatic nitrogens is 1. The van der Waals surface area contributed by atoms with Crippen LogP contribution in [0.1, 0.15) is 62.9 Å². The summed E-state index contributed by atoms with van der Waals surface area (Å²) >= 11 is 0. The summed E-state index contributed by atoms with van der Waals surface area (Å²) in [6.07, 6.45) is 4.56. The summed E-state index contributed by atoms with van der Waals surface area (Å²) < 4.78 is 13.1. The zero-order chi connectivity index (χ0) is 23.9. The number of aromatic carboxylic acids is 1. The van der Waals surface area contributed by atoms with E-state index in [9.17, 15) is 19.5 Å². The van der Waals surface area contributed by atoms with E-state index in [4.69, 9.17) is 9.47 Å². The molecule has 2 aromatic rings. The van der Waals surface area contributed by atoms with Gasteiger partial charge in [-0.05, 0) is 58.6 Å². The lowest BCUT2D eigenvalue weighted by Crippen LogP contribution is -2.49. The molecule has 1 atom stereocenters. The molecule has 178 valence electrons. The standard InChI is InChI=1S/C24H31N3O6/c1-24(2,3)33-23(31)25-14-6-5-11-26(12-14)18-10-9-16-19(21(18)32-4)27(15-7-8-15)13-17(20(16)28)22(29)30/h9-10,13-15H,5-8,11-12H2,1-4H3,(H,25,31)(H,29,30)/t14-/m0/s1. The van der Waals surface area contributed by atoms with Crippen molar-refractivity contribution in [1.82, 2.24) is 9.88 Å². The number of amides is 1. The number of carbonyl (C=O) groups excluding carboxylic acids is 1. The highest BCUT2D eigenvalue weighted by molar-refractivity contribution is 5.97. The first kappa shape index (κ1) is 22.9. The Morgan fingerprint density at radius 1 is 1.18 bits per heavy atom. The van der Waals surface area contributed by atoms with Crippen LogP contribution in [0.4, 0.5) is 10.5 Å². The summed E-state index contributed by atoms with van der Waals surface area (Å²) in [5.74, 6) is -0.683. The average molecular weight is 458 g/mol. The van der Waals surface area contributed by atoms with Crippen LogP contribution in [0.25, 0.3) is 10.9 Å². The third-order valence-electron chi connectivity index (χ3n) is 5.98. The van der Waals surface area contributed by atoms with Crippen molar-refractivity contribution in [3.8, 4) is 5.75 Å². The van der Waals surface area contributed by atoms with Gasteiger partial charge in [0.15, 0.2) is 5.75 Å². The lowest BCUT2D eigenvalue weighted by atomic mass is 10.0. The van der Waals surface area contributed by atoms with E-state index in [2.05, 4.69) is 10.2 Å². The van der Waals surface area contributed by atoms with Gasteiger partial charge in [0.2, 0.25) is 5.43 Å². The summed E-state index contributed by atoms with van der Waals surface area (Å²) in [5, 5.41) is 12.8. The predicted octanol–water partition coefficient (Wildman–Crippen LogP) is 3.54. The molecule has 1 aromatic heterocycles. The van der Waals surface area contributed by atoms with Crippen LogP contribution in [0.3, 0.4) is 0 Å². The molecule has 0 bridgehead atoms. The number of nitrogens with one attached hydrogen (secondary N) is 1. The number of ether oxygens (including phenoxy) is 2. The Balaban J connectivity index is 1.70. The normalized spacial score (nSPS) is 18.8. The molecule has 0 unspecified atom stereocenters. The number of methoxy groups -OCH3 is 1. The first-order valence-electron chi connectivity index (χ1n) is 11.3. The molecule has 0 radical (unpaired) electrons. The lowest BCUT2D eigenvalue weighted by molar-refractivity contribution is 0.0499. The van der Waals surface area contributed by atoms with Crippen molar-refractivity contribution in [2.24, 2.45) is 0 Å². The number of benzene rings is 1. The van der Waals surface area contributed by atoms with Gasteiger partial charge >= 0.3 is 12.1 Å². The molecule has 2 fully saturated rings. The van der Waals surface area contributed by atoms with Gasteiger partial charge in [-0.2, -0.15) is 0 Å². The van der Waals surface area contributed by atoms with Crippen molar-refractivity contribution in [1.29, 1.82) is 0 Å². The highest BCUT2D eigenvalue weighted by Crippen LogP contribution is 2.42. The fraction of sp³-hybridized carbons (Fsp3) is 0.542. The summed E-state index contributed by atoms with van der Waals surface area (Å²) in [5.41, 5.74) is 0.125. The Morgan fingerprint density at radius 2 is 1.91 bits per heavy atom. The minimum atomic E-state index is -1.23. The Morgan fingerprint density at radius 3 is 2.52 bits per heavy atom. The van der Waals surface area contributed by atoms with Gasteiger partial charge in [0, 0.05) is 31.4 Å². The molecule has 2 heterocycles. The summed E-state index contributed by atoms with van der Waals surface area (Å²) in [6, 6.07) is 3.56. The number of carboxylic acids is 1. The number of hydrogen-bond acceptors (Lipinski definition) is 6. The number of rotatable bonds is 5. The maximum absolute atomic E-state index is 12.9. The van der Waals surface area contributed by atoms with Gasteiger partial charge < -0.3 is 29.4 Å². The van der Waals surface area contributed by atoms with Crippen LogP contribution in [0.15, 0.2) is 23.1 Å². The molecule has 9 heteroatoms. The van der Waals surface area contributed by atoms with Crippen LogP contribution in [0.2, 0.25) is 0 Å². The SMILES string of the molecule is COc1c(N2CCC[C@H](NC(=O)OC(C)(C)C)C2)ccc2c(=O)c(C(=O)O)cn(C3CC3)c12. The number of carboxylic acid groups (broad SMARTS) is 1. The number of pyridine rings is 1. The number of anilines is 1. The van der Waals surface area contributed by atoms with Crippen molar-refractivity contribution in [2.75, 3.05) is 25.1 Å². The zero-order valence-electron chi connectivity index (χ0n) is 19.5. The maximum atomic E-state index is 12.9. The molecule has 0 spiro atoms. The minimum absolute atomic E-state index is 0.0889. The number of fused-ring (bicyclic) bond motifs is 1. The van der Waals surface area contributed by atoms with Crippen LogP contribution in [-0.2, 0) is 4.74 Å². The van der Waals surface area contributed by atoms with E-state index in [0.717, 1.165) is 37.9 Å². The number of carbonyl (C=O) groups is 2. The second-order valence-corrected chi connectivity index (χ2v) is 9.76. The van der Waals surface area contributed by atoms with E-state index in [1.54, 1.807) is 19.2 Å². The molecule has 1 saturated heterocycles. The van der Waals surface area contributed by atoms with Gasteiger partial charge in [0.25, 0.3) is 0 Å². The molecule has 4 rings (SSSR count). The smallest absolute Gasteiger partial charge is 0.407 e. The minimum Gasteiger partial charge on any atom is -0.492 e. The van der Waals surface area contributed by atoms with Crippen molar-refractivity contribution in [3.05, 3.63) is 34.1 Å². The molecule has 33 heavy (non-hydrogen) atoms. The van der Waals surface area contributed by atoms with Crippen molar-refractivity contribution >= 4 is 28.7 Å². The molecule has 1 aliphatic heterocycles. The molecular formula is C24H31N3O6. The highest BCUT2D eigenvalue weighted by atomic mass is 16.6. The van der Waals surface area contributed by atoms with E-state index in [-0.39, 0.29) is 17.6 Å². The number of nitrogens with zero attached hydrogens (tertiary/aromatic N) is 2. The number of hydrogen-bond donors (Lipinski definition) is 2. The summed E-state index contributed by atoms with van der Waals surface area (Å²) in [6.45, 7) is 6.83. The van der Waals surface area contributed by atoms with E-state index in [1.807, 2.05) is 25.3 Å². The van der Waals surface area contributed by atoms with Crippen molar-refractivity contribution in [2.45, 2.75) is 64.1 Å². The Bertz CT molecular complexity index is 1150. The molecule has 9 nitrogen and oxygen atoms in total. The molecule has 2 aliphatic rings. The average Bonchev–Trinajstić information content (AvgIpc) is 3.57. The fourth-order valence-corrected chi connectivity index (χ4v) is 4.44. The van der Waals surface area contributed by atoms with Crippen molar-refractivity contribution in [3.63, 3.8) is 0 Å². The number of alkyl carbamates (subject to hydrolysis) is 1. The van der Waals surface area contributed by atoms with Crippen LogP contribution in [-0.4, -0.2) is 53.6 Å². The number of piperidine rings is 1. The Labute approximate surface area is 192 Å². The van der Waals surface area contributed by atoms with E-state index in [0.29, 0.717) is 23.2 Å². The van der Waals surface area contributed by atoms with E-state index >= 15 is 0 Å². The van der Waals surface area contributed by atoms with Gasteiger partial charge in [-0.15, -0.1) is 0 Å². The van der Waals surface area contributed by atoms with E-state index < -0.39 is 23.1 Å². The van der Waals surface area contributed by atoms with Crippen LogP contribution >= 0.6 is 0 Å². The van der Waals surface area contributed by atoms with Gasteiger partial charge in [-0.3, -0.25) is 4.79 Å². The lowest BCUT2D eigenvalue weighted by Gasteiger charge is -2.36. The van der Waals surface area contributed by atoms with Crippen LogP contribution < -0.4 is 20.4 Å². The maximum Gasteiger partial charge on any atom is 0.407 e. The Hall–Kier alpha value is -3.23. The first-order valence-corrected chi connectivity index (χ1v) is 11.3. The molecule has 2 N–H and O–H groups in total. The molecule has 1 aromatic carbocycles. The van der Waals surface area contributed by atoms with Gasteiger partial charge in [-0.1, -0.05) is 0 Å². The van der Waals surface area contributed by atoms with Gasteiger partial charge in [0.1, 0.15) is 11.2 Å². The first-order chi connectivity index (χ1) is 15.6. The van der Waals surface area contributed by atoms with E-state index in [1.165, 1.54) is 6.20 Å². The predicted molar refractivity (Wildman–Crippen MR) is 125 cm³/mol. The molecule has 1 saturated carbocycles. The summed E-state index contributed by atoms with van der Waals surface area (Å²) in [7, 11) is 1.56. The monoisotopic (exact) mass is 457 g/mol. The van der Waals surface area contributed by atoms with Crippen LogP contribution in [0.5, 0.6) is 5.75 Å². The van der Waals surface area contributed by atoms with Gasteiger partial charge in [0.05, 0.1) is 23.7 Å².